The van der Waals surface area contributed by atoms with Crippen LogP contribution in [0.1, 0.15) is 19.8 Å². The third-order valence-corrected chi connectivity index (χ3v) is 4.80. The molecule has 0 radical (unpaired) electrons. The van der Waals surface area contributed by atoms with E-state index in [4.69, 9.17) is 4.74 Å². The largest absolute Gasteiger partial charge is 0.378 e. The Kier molecular flexibility index (Phi) is 5.68. The number of nitrogens with zero attached hydrogens (tertiary/aromatic N) is 1. The average molecular weight is 250 g/mol. The van der Waals surface area contributed by atoms with Crippen LogP contribution in [0.5, 0.6) is 0 Å². The summed E-state index contributed by atoms with van der Waals surface area (Å²) in [7, 11) is -1.21. The lowest BCUT2D eigenvalue weighted by atomic mass is 10.3. The molecule has 1 aliphatic rings. The van der Waals surface area contributed by atoms with E-state index in [2.05, 4.69) is 5.32 Å². The van der Waals surface area contributed by atoms with E-state index in [-0.39, 0.29) is 11.8 Å². The minimum absolute atomic E-state index is 0.0250. The zero-order valence-corrected chi connectivity index (χ0v) is 10.9. The molecule has 0 aromatic heterocycles. The highest BCUT2D eigenvalue weighted by atomic mass is 32.2. The molecule has 1 fully saturated rings. The summed E-state index contributed by atoms with van der Waals surface area (Å²) >= 11 is 0. The van der Waals surface area contributed by atoms with Gasteiger partial charge in [0.15, 0.2) is 0 Å². The molecule has 0 saturated carbocycles. The minimum Gasteiger partial charge on any atom is -0.378 e. The number of sulfonamides is 1. The summed E-state index contributed by atoms with van der Waals surface area (Å²) < 4.78 is 30.8. The van der Waals surface area contributed by atoms with Gasteiger partial charge in [0, 0.05) is 12.6 Å². The fourth-order valence-corrected chi connectivity index (χ4v) is 3.59. The van der Waals surface area contributed by atoms with Gasteiger partial charge in [-0.15, -0.1) is 0 Å². The molecule has 0 aromatic rings. The summed E-state index contributed by atoms with van der Waals surface area (Å²) in [6.45, 7) is 4.28. The van der Waals surface area contributed by atoms with E-state index in [0.717, 1.165) is 13.0 Å². The molecule has 0 aromatic carbocycles. The van der Waals surface area contributed by atoms with Crippen LogP contribution in [0.3, 0.4) is 0 Å². The number of unbranched alkanes of at least 4 members (excludes halogenated alkanes) is 1. The molecule has 96 valence electrons. The summed E-state index contributed by atoms with van der Waals surface area (Å²) in [4.78, 5) is 0. The van der Waals surface area contributed by atoms with E-state index >= 15 is 0 Å². The van der Waals surface area contributed by atoms with Crippen molar-refractivity contribution >= 4 is 10.0 Å². The topological polar surface area (TPSA) is 58.6 Å². The van der Waals surface area contributed by atoms with Crippen LogP contribution in [-0.4, -0.2) is 57.9 Å². The Hall–Kier alpha value is -0.170. The minimum atomic E-state index is -3.09. The molecule has 0 bridgehead atoms. The molecule has 1 unspecified atom stereocenters. The number of hydrogen-bond donors (Lipinski definition) is 1. The second-order valence-corrected chi connectivity index (χ2v) is 6.20. The highest BCUT2D eigenvalue weighted by molar-refractivity contribution is 7.89. The van der Waals surface area contributed by atoms with Crippen LogP contribution < -0.4 is 5.32 Å². The fraction of sp³-hybridized carbons (Fsp3) is 1.00. The van der Waals surface area contributed by atoms with Crippen LogP contribution in [0.15, 0.2) is 0 Å². The van der Waals surface area contributed by atoms with Gasteiger partial charge >= 0.3 is 0 Å². The normalized spacial score (nSPS) is 23.5. The molecule has 1 rings (SSSR count). The van der Waals surface area contributed by atoms with Crippen molar-refractivity contribution < 1.29 is 13.2 Å². The smallest absolute Gasteiger partial charge is 0.214 e. The van der Waals surface area contributed by atoms with Gasteiger partial charge in [0.25, 0.3) is 0 Å². The predicted molar refractivity (Wildman–Crippen MR) is 63.9 cm³/mol. The van der Waals surface area contributed by atoms with Crippen LogP contribution in [0.4, 0.5) is 0 Å². The Balaban J connectivity index is 2.42. The van der Waals surface area contributed by atoms with Gasteiger partial charge in [0.05, 0.1) is 19.0 Å². The molecule has 1 N–H and O–H groups in total. The maximum Gasteiger partial charge on any atom is 0.214 e. The first kappa shape index (κ1) is 13.9. The molecule has 1 heterocycles. The number of ether oxygens (including phenoxy) is 1. The summed E-state index contributed by atoms with van der Waals surface area (Å²) in [5, 5.41) is 3.01. The van der Waals surface area contributed by atoms with Crippen LogP contribution in [0.25, 0.3) is 0 Å². The SMILES string of the molecule is CNCCCCS(=O)(=O)N1CCOCC1C. The number of morpholine rings is 1. The standard InChI is InChI=1S/C10H22N2O3S/c1-10-9-15-7-6-12(10)16(13,14)8-4-3-5-11-2/h10-11H,3-9H2,1-2H3. The fourth-order valence-electron chi connectivity index (χ4n) is 1.83. The van der Waals surface area contributed by atoms with Gasteiger partial charge in [-0.3, -0.25) is 0 Å². The Morgan fingerprint density at radius 3 is 2.81 bits per heavy atom. The van der Waals surface area contributed by atoms with Crippen molar-refractivity contribution in [1.29, 1.82) is 0 Å². The first-order valence-electron chi connectivity index (χ1n) is 5.80. The molecular formula is C10H22N2O3S. The Bertz CT molecular complexity index is 292. The molecule has 0 spiro atoms. The van der Waals surface area contributed by atoms with Crippen LogP contribution >= 0.6 is 0 Å². The number of hydrogen-bond acceptors (Lipinski definition) is 4. The van der Waals surface area contributed by atoms with Crippen molar-refractivity contribution in [2.45, 2.75) is 25.8 Å². The van der Waals surface area contributed by atoms with E-state index in [9.17, 15) is 8.42 Å². The van der Waals surface area contributed by atoms with Crippen molar-refractivity contribution in [3.8, 4) is 0 Å². The first-order chi connectivity index (χ1) is 7.58. The summed E-state index contributed by atoms with van der Waals surface area (Å²) in [6, 6.07) is -0.0250. The molecule has 1 saturated heterocycles. The van der Waals surface area contributed by atoms with Gasteiger partial charge in [-0.1, -0.05) is 0 Å². The lowest BCUT2D eigenvalue weighted by molar-refractivity contribution is 0.0393. The van der Waals surface area contributed by atoms with Crippen molar-refractivity contribution in [3.05, 3.63) is 0 Å². The van der Waals surface area contributed by atoms with Crippen molar-refractivity contribution in [2.75, 3.05) is 39.1 Å². The van der Waals surface area contributed by atoms with Crippen molar-refractivity contribution in [3.63, 3.8) is 0 Å². The first-order valence-corrected chi connectivity index (χ1v) is 7.40. The van der Waals surface area contributed by atoms with Crippen molar-refractivity contribution in [2.24, 2.45) is 0 Å². The third-order valence-electron chi connectivity index (χ3n) is 2.74. The molecule has 16 heavy (non-hydrogen) atoms. The molecule has 1 atom stereocenters. The average Bonchev–Trinajstić information content (AvgIpc) is 2.25. The Morgan fingerprint density at radius 2 is 2.19 bits per heavy atom. The van der Waals surface area contributed by atoms with Crippen molar-refractivity contribution in [1.82, 2.24) is 9.62 Å². The molecule has 0 aliphatic carbocycles. The Labute approximate surface area is 98.2 Å². The van der Waals surface area contributed by atoms with E-state index in [1.807, 2.05) is 14.0 Å². The summed E-state index contributed by atoms with van der Waals surface area (Å²) in [5.74, 6) is 0.249. The van der Waals surface area contributed by atoms with E-state index in [1.54, 1.807) is 4.31 Å². The molecule has 5 nitrogen and oxygen atoms in total. The molecule has 0 amide bonds. The van der Waals surface area contributed by atoms with E-state index in [0.29, 0.717) is 26.2 Å². The Morgan fingerprint density at radius 1 is 1.44 bits per heavy atom. The van der Waals surface area contributed by atoms with Gasteiger partial charge in [-0.2, -0.15) is 4.31 Å². The lowest BCUT2D eigenvalue weighted by Crippen LogP contribution is -2.47. The van der Waals surface area contributed by atoms with Gasteiger partial charge in [0.2, 0.25) is 10.0 Å². The molecule has 6 heteroatoms. The van der Waals surface area contributed by atoms with Crippen LogP contribution in [0.2, 0.25) is 0 Å². The van der Waals surface area contributed by atoms with Gasteiger partial charge in [0.1, 0.15) is 0 Å². The maximum atomic E-state index is 12.0. The van der Waals surface area contributed by atoms with E-state index in [1.165, 1.54) is 0 Å². The van der Waals surface area contributed by atoms with Gasteiger partial charge in [-0.05, 0) is 33.4 Å². The zero-order chi connectivity index (χ0) is 12.0. The zero-order valence-electron chi connectivity index (χ0n) is 10.1. The highest BCUT2D eigenvalue weighted by Crippen LogP contribution is 2.13. The van der Waals surface area contributed by atoms with Gasteiger partial charge in [-0.25, -0.2) is 8.42 Å². The predicted octanol–water partition coefficient (Wildman–Crippen LogP) is 0.0365. The quantitative estimate of drug-likeness (QED) is 0.676. The maximum absolute atomic E-state index is 12.0. The van der Waals surface area contributed by atoms with E-state index < -0.39 is 10.0 Å². The lowest BCUT2D eigenvalue weighted by Gasteiger charge is -2.32. The second kappa shape index (κ2) is 6.54. The summed E-state index contributed by atoms with van der Waals surface area (Å²) in [5.41, 5.74) is 0. The number of rotatable bonds is 6. The molecular weight excluding hydrogens is 228 g/mol. The van der Waals surface area contributed by atoms with Crippen LogP contribution in [0, 0.1) is 0 Å². The summed E-state index contributed by atoms with van der Waals surface area (Å²) in [6.07, 6.45) is 1.61. The number of nitrogens with one attached hydrogen (secondary N) is 1. The molecule has 1 aliphatic heterocycles. The monoisotopic (exact) mass is 250 g/mol. The highest BCUT2D eigenvalue weighted by Gasteiger charge is 2.29. The second-order valence-electron chi connectivity index (χ2n) is 4.16. The van der Waals surface area contributed by atoms with Crippen LogP contribution in [-0.2, 0) is 14.8 Å². The third kappa shape index (κ3) is 4.01. The van der Waals surface area contributed by atoms with Gasteiger partial charge < -0.3 is 10.1 Å².